The SMILES string of the molecule is Cc1ccc(Sc2nc(CC(=O)O)cs2)nn1. The second-order valence-electron chi connectivity index (χ2n) is 3.29. The van der Waals surface area contributed by atoms with E-state index < -0.39 is 5.97 Å². The van der Waals surface area contributed by atoms with Crippen molar-refractivity contribution in [1.29, 1.82) is 0 Å². The topological polar surface area (TPSA) is 76.0 Å². The lowest BCUT2D eigenvalue weighted by atomic mass is 10.3. The Morgan fingerprint density at radius 2 is 2.29 bits per heavy atom. The molecule has 0 aromatic carbocycles. The summed E-state index contributed by atoms with van der Waals surface area (Å²) < 4.78 is 0.777. The lowest BCUT2D eigenvalue weighted by Crippen LogP contribution is -1.99. The number of aryl methyl sites for hydroxylation is 1. The third-order valence-corrected chi connectivity index (χ3v) is 3.74. The van der Waals surface area contributed by atoms with Crippen molar-refractivity contribution < 1.29 is 9.90 Å². The number of hydrogen-bond acceptors (Lipinski definition) is 6. The van der Waals surface area contributed by atoms with Gasteiger partial charge in [0.25, 0.3) is 0 Å². The lowest BCUT2D eigenvalue weighted by molar-refractivity contribution is -0.136. The van der Waals surface area contributed by atoms with Crippen molar-refractivity contribution >= 4 is 29.1 Å². The molecular formula is C10H9N3O2S2. The highest BCUT2D eigenvalue weighted by atomic mass is 32.2. The van der Waals surface area contributed by atoms with Crippen molar-refractivity contribution in [2.24, 2.45) is 0 Å². The molecule has 0 spiro atoms. The molecule has 0 saturated carbocycles. The summed E-state index contributed by atoms with van der Waals surface area (Å²) in [5.74, 6) is -0.873. The van der Waals surface area contributed by atoms with Crippen LogP contribution in [0.2, 0.25) is 0 Å². The predicted octanol–water partition coefficient (Wildman–Crippen LogP) is 2.02. The summed E-state index contributed by atoms with van der Waals surface area (Å²) in [6.07, 6.45) is -0.0450. The largest absolute Gasteiger partial charge is 0.481 e. The first-order valence-corrected chi connectivity index (χ1v) is 6.47. The Hall–Kier alpha value is -1.47. The van der Waals surface area contributed by atoms with Gasteiger partial charge in [0.2, 0.25) is 0 Å². The second-order valence-corrected chi connectivity index (χ2v) is 5.42. The van der Waals surface area contributed by atoms with Gasteiger partial charge >= 0.3 is 5.97 Å². The zero-order valence-corrected chi connectivity index (χ0v) is 10.6. The summed E-state index contributed by atoms with van der Waals surface area (Å²) in [7, 11) is 0. The molecule has 0 radical (unpaired) electrons. The van der Waals surface area contributed by atoms with E-state index >= 15 is 0 Å². The molecule has 88 valence electrons. The number of nitrogens with zero attached hydrogens (tertiary/aromatic N) is 3. The van der Waals surface area contributed by atoms with Crippen molar-refractivity contribution in [1.82, 2.24) is 15.2 Å². The molecule has 0 aliphatic rings. The van der Waals surface area contributed by atoms with Crippen LogP contribution >= 0.6 is 23.1 Å². The quantitative estimate of drug-likeness (QED) is 0.913. The molecule has 7 heteroatoms. The third-order valence-electron chi connectivity index (χ3n) is 1.83. The maximum absolute atomic E-state index is 10.5. The molecule has 0 aliphatic carbocycles. The molecule has 0 bridgehead atoms. The Labute approximate surface area is 106 Å². The summed E-state index contributed by atoms with van der Waals surface area (Å²) in [5.41, 5.74) is 1.44. The first kappa shape index (κ1) is 12.0. The Kier molecular flexibility index (Phi) is 3.70. The zero-order chi connectivity index (χ0) is 12.3. The average Bonchev–Trinajstić information content (AvgIpc) is 2.68. The van der Waals surface area contributed by atoms with Crippen molar-refractivity contribution in [3.63, 3.8) is 0 Å². The van der Waals surface area contributed by atoms with Crippen LogP contribution in [0.4, 0.5) is 0 Å². The highest BCUT2D eigenvalue weighted by molar-refractivity contribution is 8.00. The normalized spacial score (nSPS) is 10.4. The Morgan fingerprint density at radius 3 is 2.94 bits per heavy atom. The van der Waals surface area contributed by atoms with Gasteiger partial charge in [0.1, 0.15) is 5.03 Å². The minimum absolute atomic E-state index is 0.0450. The summed E-state index contributed by atoms with van der Waals surface area (Å²) in [5, 5.41) is 19.1. The zero-order valence-electron chi connectivity index (χ0n) is 8.95. The summed E-state index contributed by atoms with van der Waals surface area (Å²) >= 11 is 2.80. The average molecular weight is 267 g/mol. The van der Waals surface area contributed by atoms with E-state index in [-0.39, 0.29) is 6.42 Å². The van der Waals surface area contributed by atoms with E-state index in [0.717, 1.165) is 15.1 Å². The minimum atomic E-state index is -0.873. The van der Waals surface area contributed by atoms with Crippen LogP contribution in [0.5, 0.6) is 0 Å². The van der Waals surface area contributed by atoms with E-state index in [9.17, 15) is 4.79 Å². The van der Waals surface area contributed by atoms with Gasteiger partial charge in [-0.25, -0.2) is 4.98 Å². The van der Waals surface area contributed by atoms with E-state index in [2.05, 4.69) is 15.2 Å². The molecule has 0 unspecified atom stereocenters. The van der Waals surface area contributed by atoms with Crippen LogP contribution in [0.1, 0.15) is 11.4 Å². The number of carbonyl (C=O) groups is 1. The van der Waals surface area contributed by atoms with Crippen molar-refractivity contribution in [2.75, 3.05) is 0 Å². The fourth-order valence-electron chi connectivity index (χ4n) is 1.10. The van der Waals surface area contributed by atoms with Crippen LogP contribution < -0.4 is 0 Å². The molecular weight excluding hydrogens is 258 g/mol. The van der Waals surface area contributed by atoms with Crippen molar-refractivity contribution in [3.8, 4) is 0 Å². The standard InChI is InChI=1S/C10H9N3O2S2/c1-6-2-3-8(13-12-6)17-10-11-7(5-16-10)4-9(14)15/h2-3,5H,4H2,1H3,(H,14,15). The van der Waals surface area contributed by atoms with Gasteiger partial charge in [0.15, 0.2) is 4.34 Å². The summed E-state index contributed by atoms with van der Waals surface area (Å²) in [6, 6.07) is 3.74. The van der Waals surface area contributed by atoms with E-state index in [1.54, 1.807) is 5.38 Å². The number of thiazole rings is 1. The molecule has 0 atom stereocenters. The molecule has 2 rings (SSSR count). The number of aromatic nitrogens is 3. The fourth-order valence-corrected chi connectivity index (χ4v) is 2.80. The highest BCUT2D eigenvalue weighted by Crippen LogP contribution is 2.28. The number of rotatable bonds is 4. The summed E-state index contributed by atoms with van der Waals surface area (Å²) in [6.45, 7) is 1.87. The number of hydrogen-bond donors (Lipinski definition) is 1. The Morgan fingerprint density at radius 1 is 1.47 bits per heavy atom. The van der Waals surface area contributed by atoms with Crippen LogP contribution in [-0.2, 0) is 11.2 Å². The van der Waals surface area contributed by atoms with Crippen LogP contribution in [0.15, 0.2) is 26.9 Å². The van der Waals surface area contributed by atoms with Gasteiger partial charge in [-0.15, -0.1) is 16.4 Å². The van der Waals surface area contributed by atoms with Gasteiger partial charge in [-0.2, -0.15) is 5.10 Å². The van der Waals surface area contributed by atoms with Gasteiger partial charge in [-0.3, -0.25) is 4.79 Å². The molecule has 0 saturated heterocycles. The van der Waals surface area contributed by atoms with Crippen LogP contribution in [0, 0.1) is 6.92 Å². The van der Waals surface area contributed by atoms with E-state index in [1.165, 1.54) is 23.1 Å². The molecule has 17 heavy (non-hydrogen) atoms. The molecule has 0 amide bonds. The van der Waals surface area contributed by atoms with Gasteiger partial charge in [-0.1, -0.05) is 0 Å². The van der Waals surface area contributed by atoms with Crippen molar-refractivity contribution in [3.05, 3.63) is 28.9 Å². The monoisotopic (exact) mass is 267 g/mol. The Bertz CT molecular complexity index is 525. The molecule has 5 nitrogen and oxygen atoms in total. The van der Waals surface area contributed by atoms with E-state index in [0.29, 0.717) is 5.69 Å². The lowest BCUT2D eigenvalue weighted by Gasteiger charge is -1.95. The predicted molar refractivity (Wildman–Crippen MR) is 64.3 cm³/mol. The molecule has 2 aromatic rings. The molecule has 0 fully saturated rings. The van der Waals surface area contributed by atoms with Gasteiger partial charge in [0, 0.05) is 5.38 Å². The Balaban J connectivity index is 2.06. The van der Waals surface area contributed by atoms with Crippen LogP contribution in [0.3, 0.4) is 0 Å². The van der Waals surface area contributed by atoms with Crippen LogP contribution in [-0.4, -0.2) is 26.3 Å². The smallest absolute Gasteiger partial charge is 0.309 e. The summed E-state index contributed by atoms with van der Waals surface area (Å²) in [4.78, 5) is 14.7. The van der Waals surface area contributed by atoms with Crippen LogP contribution in [0.25, 0.3) is 0 Å². The molecule has 2 aromatic heterocycles. The maximum Gasteiger partial charge on any atom is 0.309 e. The van der Waals surface area contributed by atoms with E-state index in [1.807, 2.05) is 19.1 Å². The second kappa shape index (κ2) is 5.24. The minimum Gasteiger partial charge on any atom is -0.481 e. The molecule has 0 aliphatic heterocycles. The highest BCUT2D eigenvalue weighted by Gasteiger charge is 2.08. The molecule has 2 heterocycles. The molecule has 1 N–H and O–H groups in total. The van der Waals surface area contributed by atoms with Gasteiger partial charge in [-0.05, 0) is 30.8 Å². The van der Waals surface area contributed by atoms with Crippen molar-refractivity contribution in [2.45, 2.75) is 22.7 Å². The number of carboxylic acid groups (broad SMARTS) is 1. The first-order chi connectivity index (χ1) is 8.13. The van der Waals surface area contributed by atoms with Gasteiger partial charge < -0.3 is 5.11 Å². The maximum atomic E-state index is 10.5. The van der Waals surface area contributed by atoms with Gasteiger partial charge in [0.05, 0.1) is 17.8 Å². The number of carboxylic acids is 1. The number of aliphatic carboxylic acids is 1. The van der Waals surface area contributed by atoms with E-state index in [4.69, 9.17) is 5.11 Å². The fraction of sp³-hybridized carbons (Fsp3) is 0.200. The third kappa shape index (κ3) is 3.50. The first-order valence-electron chi connectivity index (χ1n) is 4.78.